The molecule has 5 heteroatoms. The van der Waals surface area contributed by atoms with Crippen LogP contribution in [0.5, 0.6) is 0 Å². The molecule has 0 aliphatic rings. The Balaban J connectivity index is 2.82. The summed E-state index contributed by atoms with van der Waals surface area (Å²) in [4.78, 5) is 3.80. The van der Waals surface area contributed by atoms with E-state index in [2.05, 4.69) is 4.98 Å². The van der Waals surface area contributed by atoms with Crippen LogP contribution in [0.15, 0.2) is 18.2 Å². The molecule has 0 aliphatic carbocycles. The summed E-state index contributed by atoms with van der Waals surface area (Å²) >= 11 is 0. The molecule has 5 nitrogen and oxygen atoms in total. The molecule has 0 saturated heterocycles. The summed E-state index contributed by atoms with van der Waals surface area (Å²) in [5, 5.41) is 27.0. The van der Waals surface area contributed by atoms with E-state index in [-0.39, 0.29) is 11.5 Å². The minimum Gasteiger partial charge on any atom is -0.394 e. The first-order valence-corrected chi connectivity index (χ1v) is 3.84. The summed E-state index contributed by atoms with van der Waals surface area (Å²) in [6.07, 6.45) is -2.43. The highest BCUT2D eigenvalue weighted by molar-refractivity contribution is 5.29. The van der Waals surface area contributed by atoms with Gasteiger partial charge in [0.15, 0.2) is 0 Å². The first-order chi connectivity index (χ1) is 6.15. The maximum Gasteiger partial charge on any atom is 0.124 e. The number of nitrogen functional groups attached to an aromatic ring is 1. The number of nitrogens with two attached hydrogens (primary N) is 1. The molecule has 13 heavy (non-hydrogen) atoms. The summed E-state index contributed by atoms with van der Waals surface area (Å²) in [5.74, 6) is 0.265. The van der Waals surface area contributed by atoms with Gasteiger partial charge in [-0.15, -0.1) is 0 Å². The lowest BCUT2D eigenvalue weighted by Gasteiger charge is -2.14. The Morgan fingerprint density at radius 1 is 1.38 bits per heavy atom. The number of aliphatic hydroxyl groups excluding tert-OH is 3. The molecule has 1 aromatic heterocycles. The topological polar surface area (TPSA) is 99.6 Å². The fourth-order valence-electron chi connectivity index (χ4n) is 0.931. The van der Waals surface area contributed by atoms with Crippen molar-refractivity contribution in [1.82, 2.24) is 4.98 Å². The highest BCUT2D eigenvalue weighted by Gasteiger charge is 2.18. The molecular formula is C8H12N2O3. The Labute approximate surface area is 75.5 Å². The van der Waals surface area contributed by atoms with Crippen LogP contribution in [0, 0.1) is 0 Å². The Morgan fingerprint density at radius 3 is 2.62 bits per heavy atom. The number of nitrogens with zero attached hydrogens (tertiary/aromatic N) is 1. The van der Waals surface area contributed by atoms with E-state index in [0.29, 0.717) is 0 Å². The number of aliphatic hydroxyl groups is 3. The number of aromatic nitrogens is 1. The van der Waals surface area contributed by atoms with Gasteiger partial charge in [0.1, 0.15) is 18.0 Å². The van der Waals surface area contributed by atoms with Crippen LogP contribution in [-0.2, 0) is 0 Å². The second-order valence-electron chi connectivity index (χ2n) is 2.68. The first-order valence-electron chi connectivity index (χ1n) is 3.84. The van der Waals surface area contributed by atoms with Crippen LogP contribution in [0.3, 0.4) is 0 Å². The second-order valence-corrected chi connectivity index (χ2v) is 2.68. The molecule has 0 aromatic carbocycles. The van der Waals surface area contributed by atoms with Crippen molar-refractivity contribution in [1.29, 1.82) is 0 Å². The molecular weight excluding hydrogens is 172 g/mol. The fraction of sp³-hybridized carbons (Fsp3) is 0.375. The molecule has 0 spiro atoms. The molecule has 5 N–H and O–H groups in total. The van der Waals surface area contributed by atoms with E-state index in [1.165, 1.54) is 6.07 Å². The van der Waals surface area contributed by atoms with Crippen molar-refractivity contribution < 1.29 is 15.3 Å². The Bertz CT molecular complexity index is 280. The van der Waals surface area contributed by atoms with E-state index in [9.17, 15) is 5.11 Å². The summed E-state index contributed by atoms with van der Waals surface area (Å²) in [7, 11) is 0. The average Bonchev–Trinajstić information content (AvgIpc) is 2.15. The van der Waals surface area contributed by atoms with E-state index >= 15 is 0 Å². The molecule has 1 heterocycles. The van der Waals surface area contributed by atoms with Crippen molar-refractivity contribution in [2.24, 2.45) is 0 Å². The van der Waals surface area contributed by atoms with E-state index < -0.39 is 18.8 Å². The lowest BCUT2D eigenvalue weighted by molar-refractivity contribution is -0.0172. The van der Waals surface area contributed by atoms with Gasteiger partial charge in [0.05, 0.1) is 12.3 Å². The van der Waals surface area contributed by atoms with Crippen LogP contribution in [-0.4, -0.2) is 33.0 Å². The SMILES string of the molecule is Nc1cccc(C(O)C(O)CO)n1. The largest absolute Gasteiger partial charge is 0.394 e. The molecule has 1 aromatic rings. The second kappa shape index (κ2) is 4.18. The monoisotopic (exact) mass is 184 g/mol. The van der Waals surface area contributed by atoms with Crippen molar-refractivity contribution in [3.8, 4) is 0 Å². The number of anilines is 1. The van der Waals surface area contributed by atoms with Gasteiger partial charge >= 0.3 is 0 Å². The highest BCUT2D eigenvalue weighted by Crippen LogP contribution is 2.14. The summed E-state index contributed by atoms with van der Waals surface area (Å²) in [6, 6.07) is 4.71. The third kappa shape index (κ3) is 2.38. The van der Waals surface area contributed by atoms with Gasteiger partial charge in [-0.3, -0.25) is 0 Å². The third-order valence-corrected chi connectivity index (χ3v) is 1.65. The summed E-state index contributed by atoms with van der Waals surface area (Å²) < 4.78 is 0. The maximum atomic E-state index is 9.39. The normalized spacial score (nSPS) is 15.3. The average molecular weight is 184 g/mol. The van der Waals surface area contributed by atoms with E-state index in [1.54, 1.807) is 12.1 Å². The predicted octanol–water partition coefficient (Wildman–Crippen LogP) is -0.950. The van der Waals surface area contributed by atoms with Crippen LogP contribution < -0.4 is 5.73 Å². The van der Waals surface area contributed by atoms with Crippen molar-refractivity contribution in [3.63, 3.8) is 0 Å². The number of rotatable bonds is 3. The van der Waals surface area contributed by atoms with Crippen LogP contribution in [0.2, 0.25) is 0 Å². The van der Waals surface area contributed by atoms with Gasteiger partial charge in [-0.2, -0.15) is 0 Å². The fourth-order valence-corrected chi connectivity index (χ4v) is 0.931. The van der Waals surface area contributed by atoms with Gasteiger partial charge in [0.25, 0.3) is 0 Å². The standard InChI is InChI=1S/C8H12N2O3/c9-7-3-1-2-5(10-7)8(13)6(12)4-11/h1-3,6,8,11-13H,4H2,(H2,9,10). The van der Waals surface area contributed by atoms with Crippen LogP contribution >= 0.6 is 0 Å². The molecule has 0 bridgehead atoms. The van der Waals surface area contributed by atoms with E-state index in [4.69, 9.17) is 15.9 Å². The molecule has 2 atom stereocenters. The van der Waals surface area contributed by atoms with Crippen molar-refractivity contribution in [2.75, 3.05) is 12.3 Å². The molecule has 72 valence electrons. The minimum atomic E-state index is -1.23. The third-order valence-electron chi connectivity index (χ3n) is 1.65. The van der Waals surface area contributed by atoms with Crippen LogP contribution in [0.4, 0.5) is 5.82 Å². The van der Waals surface area contributed by atoms with Crippen molar-refractivity contribution in [2.45, 2.75) is 12.2 Å². The van der Waals surface area contributed by atoms with E-state index in [1.807, 2.05) is 0 Å². The molecule has 2 unspecified atom stereocenters. The minimum absolute atomic E-state index is 0.251. The van der Waals surface area contributed by atoms with Crippen LogP contribution in [0.1, 0.15) is 11.8 Å². The molecule has 0 aliphatic heterocycles. The zero-order chi connectivity index (χ0) is 9.84. The molecule has 0 radical (unpaired) electrons. The van der Waals surface area contributed by atoms with Crippen molar-refractivity contribution >= 4 is 5.82 Å². The Morgan fingerprint density at radius 2 is 2.08 bits per heavy atom. The van der Waals surface area contributed by atoms with Gasteiger partial charge in [-0.25, -0.2) is 4.98 Å². The smallest absolute Gasteiger partial charge is 0.124 e. The maximum absolute atomic E-state index is 9.39. The molecule has 0 saturated carbocycles. The van der Waals surface area contributed by atoms with Gasteiger partial charge in [0.2, 0.25) is 0 Å². The predicted molar refractivity (Wildman–Crippen MR) is 46.7 cm³/mol. The van der Waals surface area contributed by atoms with Gasteiger partial charge in [-0.1, -0.05) is 6.07 Å². The lowest BCUT2D eigenvalue weighted by Crippen LogP contribution is -2.23. The molecule has 1 rings (SSSR count). The lowest BCUT2D eigenvalue weighted by atomic mass is 10.1. The Hall–Kier alpha value is -1.17. The van der Waals surface area contributed by atoms with Gasteiger partial charge in [-0.05, 0) is 12.1 Å². The van der Waals surface area contributed by atoms with Crippen molar-refractivity contribution in [3.05, 3.63) is 23.9 Å². The zero-order valence-electron chi connectivity index (χ0n) is 6.96. The van der Waals surface area contributed by atoms with Crippen LogP contribution in [0.25, 0.3) is 0 Å². The quantitative estimate of drug-likeness (QED) is 0.485. The Kier molecular flexibility index (Phi) is 3.18. The number of pyridine rings is 1. The highest BCUT2D eigenvalue weighted by atomic mass is 16.4. The van der Waals surface area contributed by atoms with Gasteiger partial charge < -0.3 is 21.1 Å². The summed E-state index contributed by atoms with van der Waals surface area (Å²) in [5.41, 5.74) is 5.62. The molecule has 0 fully saturated rings. The molecule has 0 amide bonds. The number of hydrogen-bond donors (Lipinski definition) is 4. The van der Waals surface area contributed by atoms with E-state index in [0.717, 1.165) is 0 Å². The van der Waals surface area contributed by atoms with Gasteiger partial charge in [0, 0.05) is 0 Å². The first kappa shape index (κ1) is 9.91. The summed E-state index contributed by atoms with van der Waals surface area (Å²) in [6.45, 7) is -0.516. The number of hydrogen-bond acceptors (Lipinski definition) is 5. The zero-order valence-corrected chi connectivity index (χ0v) is 6.96.